The third-order valence-corrected chi connectivity index (χ3v) is 3.03. The highest BCUT2D eigenvalue weighted by Crippen LogP contribution is 2.17. The maximum Gasteiger partial charge on any atom is 0.410 e. The number of amides is 1. The van der Waals surface area contributed by atoms with Gasteiger partial charge in [0, 0.05) is 31.8 Å². The first-order chi connectivity index (χ1) is 10.4. The van der Waals surface area contributed by atoms with Gasteiger partial charge in [-0.1, -0.05) is 13.8 Å². The topological polar surface area (TPSA) is 50.8 Å². The molecule has 0 unspecified atom stereocenters. The van der Waals surface area contributed by atoms with E-state index in [1.165, 1.54) is 0 Å². The third-order valence-electron chi connectivity index (χ3n) is 3.03. The van der Waals surface area contributed by atoms with Crippen molar-refractivity contribution in [3.8, 4) is 0 Å². The highest BCUT2D eigenvalue weighted by Gasteiger charge is 2.30. The largest absolute Gasteiger partial charge is 0.444 e. The summed E-state index contributed by atoms with van der Waals surface area (Å²) in [6.07, 6.45) is 0.723. The van der Waals surface area contributed by atoms with Crippen LogP contribution in [0.15, 0.2) is 0 Å². The Bertz CT molecular complexity index is 330. The summed E-state index contributed by atoms with van der Waals surface area (Å²) in [4.78, 5) is 14.1. The molecule has 0 spiro atoms. The van der Waals surface area contributed by atoms with Crippen LogP contribution in [0.3, 0.4) is 0 Å². The average Bonchev–Trinajstić information content (AvgIpc) is 2.32. The van der Waals surface area contributed by atoms with E-state index in [2.05, 4.69) is 19.2 Å². The van der Waals surface area contributed by atoms with Gasteiger partial charge in [-0.05, 0) is 60.4 Å². The summed E-state index contributed by atoms with van der Waals surface area (Å²) in [6, 6.07) is 0. The first-order valence-corrected chi connectivity index (χ1v) is 8.72. The van der Waals surface area contributed by atoms with Crippen molar-refractivity contribution in [2.75, 3.05) is 32.8 Å². The highest BCUT2D eigenvalue weighted by molar-refractivity contribution is 5.69. The molecule has 5 nitrogen and oxygen atoms in total. The van der Waals surface area contributed by atoms with Crippen molar-refractivity contribution in [3.05, 3.63) is 0 Å². The van der Waals surface area contributed by atoms with Crippen LogP contribution in [0, 0.1) is 5.92 Å². The Morgan fingerprint density at radius 2 is 1.70 bits per heavy atom. The van der Waals surface area contributed by atoms with Gasteiger partial charge in [0.25, 0.3) is 0 Å². The second kappa shape index (κ2) is 10.1. The quantitative estimate of drug-likeness (QED) is 0.655. The van der Waals surface area contributed by atoms with Crippen LogP contribution in [0.5, 0.6) is 0 Å². The molecule has 0 saturated heterocycles. The number of hydrogen-bond donors (Lipinski definition) is 1. The molecule has 0 aromatic heterocycles. The van der Waals surface area contributed by atoms with Gasteiger partial charge in [-0.25, -0.2) is 4.79 Å². The fraction of sp³-hybridized carbons (Fsp3) is 0.944. The van der Waals surface area contributed by atoms with Crippen molar-refractivity contribution in [1.29, 1.82) is 0 Å². The Balaban J connectivity index is 4.07. The molecule has 0 saturated carbocycles. The lowest BCUT2D eigenvalue weighted by Crippen LogP contribution is -2.50. The first kappa shape index (κ1) is 22.2. The van der Waals surface area contributed by atoms with Crippen molar-refractivity contribution in [1.82, 2.24) is 10.2 Å². The van der Waals surface area contributed by atoms with E-state index >= 15 is 0 Å². The number of nitrogens with zero attached hydrogens (tertiary/aromatic N) is 1. The highest BCUT2D eigenvalue weighted by atomic mass is 16.6. The van der Waals surface area contributed by atoms with Crippen molar-refractivity contribution in [2.45, 2.75) is 73.0 Å². The van der Waals surface area contributed by atoms with Crippen LogP contribution in [-0.2, 0) is 9.47 Å². The van der Waals surface area contributed by atoms with Crippen LogP contribution in [0.1, 0.15) is 61.8 Å². The summed E-state index contributed by atoms with van der Waals surface area (Å²) in [5.41, 5.74) is -0.730. The molecular weight excluding hydrogens is 292 g/mol. The smallest absolute Gasteiger partial charge is 0.410 e. The number of carbonyl (C=O) groups excluding carboxylic acids is 1. The third kappa shape index (κ3) is 12.3. The van der Waals surface area contributed by atoms with Gasteiger partial charge in [0.2, 0.25) is 0 Å². The number of hydrogen-bond acceptors (Lipinski definition) is 4. The summed E-state index contributed by atoms with van der Waals surface area (Å²) in [5.74, 6) is 0.581. The zero-order valence-electron chi connectivity index (χ0n) is 16.5. The minimum absolute atomic E-state index is 0.257. The second-order valence-electron chi connectivity index (χ2n) is 8.38. The van der Waals surface area contributed by atoms with Crippen LogP contribution < -0.4 is 5.32 Å². The Hall–Kier alpha value is -0.810. The van der Waals surface area contributed by atoms with Crippen LogP contribution in [0.4, 0.5) is 4.79 Å². The fourth-order valence-electron chi connectivity index (χ4n) is 1.95. The van der Waals surface area contributed by atoms with E-state index < -0.39 is 5.60 Å². The summed E-state index contributed by atoms with van der Waals surface area (Å²) in [7, 11) is 0. The van der Waals surface area contributed by atoms with Crippen LogP contribution in [0.25, 0.3) is 0 Å². The molecule has 138 valence electrons. The van der Waals surface area contributed by atoms with Crippen LogP contribution in [-0.4, -0.2) is 55.0 Å². The van der Waals surface area contributed by atoms with Crippen molar-refractivity contribution in [2.24, 2.45) is 5.92 Å². The molecule has 0 atom stereocenters. The molecule has 0 aliphatic carbocycles. The van der Waals surface area contributed by atoms with Crippen molar-refractivity contribution < 1.29 is 14.3 Å². The van der Waals surface area contributed by atoms with Gasteiger partial charge < -0.3 is 19.7 Å². The molecule has 0 bridgehead atoms. The van der Waals surface area contributed by atoms with Crippen LogP contribution in [0.2, 0.25) is 0 Å². The average molecular weight is 331 g/mol. The number of carbonyl (C=O) groups is 1. The van der Waals surface area contributed by atoms with Gasteiger partial charge in [-0.3, -0.25) is 0 Å². The molecular formula is C18H38N2O3. The summed E-state index contributed by atoms with van der Waals surface area (Å²) in [5, 5.41) is 3.36. The molecule has 23 heavy (non-hydrogen) atoms. The maximum atomic E-state index is 12.3. The fourth-order valence-corrected chi connectivity index (χ4v) is 1.95. The SMILES string of the molecule is CC(C)COCCCNCCN(C(=O)OC(C)(C)C)C(C)(C)C. The summed E-state index contributed by atoms with van der Waals surface area (Å²) in [6.45, 7) is 19.9. The lowest BCUT2D eigenvalue weighted by atomic mass is 10.1. The zero-order valence-corrected chi connectivity index (χ0v) is 16.5. The minimum atomic E-state index is -0.470. The normalized spacial score (nSPS) is 12.6. The van der Waals surface area contributed by atoms with Crippen LogP contribution >= 0.6 is 0 Å². The lowest BCUT2D eigenvalue weighted by molar-refractivity contribution is 0.00660. The summed E-state index contributed by atoms with van der Waals surface area (Å²) < 4.78 is 11.0. The Morgan fingerprint density at radius 1 is 1.09 bits per heavy atom. The molecule has 0 radical (unpaired) electrons. The van der Waals surface area contributed by atoms with Gasteiger partial charge in [0.1, 0.15) is 5.60 Å². The molecule has 0 aliphatic rings. The van der Waals surface area contributed by atoms with Gasteiger partial charge in [0.15, 0.2) is 0 Å². The molecule has 0 aromatic rings. The first-order valence-electron chi connectivity index (χ1n) is 8.72. The van der Waals surface area contributed by atoms with Crippen molar-refractivity contribution in [3.63, 3.8) is 0 Å². The molecule has 0 aromatic carbocycles. The molecule has 0 fully saturated rings. The van der Waals surface area contributed by atoms with E-state index in [1.54, 1.807) is 4.90 Å². The predicted octanol–water partition coefficient (Wildman–Crippen LogP) is 3.67. The zero-order chi connectivity index (χ0) is 18.1. The van der Waals surface area contributed by atoms with E-state index in [4.69, 9.17) is 9.47 Å². The molecule has 1 amide bonds. The van der Waals surface area contributed by atoms with E-state index in [9.17, 15) is 4.79 Å². The maximum absolute atomic E-state index is 12.3. The van der Waals surface area contributed by atoms with E-state index in [-0.39, 0.29) is 11.6 Å². The van der Waals surface area contributed by atoms with Crippen molar-refractivity contribution >= 4 is 6.09 Å². The predicted molar refractivity (Wildman–Crippen MR) is 95.8 cm³/mol. The molecule has 5 heteroatoms. The number of ether oxygens (including phenoxy) is 2. The number of nitrogens with one attached hydrogen (secondary N) is 1. The van der Waals surface area contributed by atoms with Gasteiger partial charge in [-0.15, -0.1) is 0 Å². The Morgan fingerprint density at radius 3 is 2.17 bits per heavy atom. The molecule has 0 rings (SSSR count). The van der Waals surface area contributed by atoms with Gasteiger partial charge in [0.05, 0.1) is 0 Å². The minimum Gasteiger partial charge on any atom is -0.444 e. The number of rotatable bonds is 9. The van der Waals surface area contributed by atoms with Gasteiger partial charge >= 0.3 is 6.09 Å². The monoisotopic (exact) mass is 330 g/mol. The molecule has 0 aliphatic heterocycles. The van der Waals surface area contributed by atoms with E-state index in [0.717, 1.165) is 32.7 Å². The molecule has 1 N–H and O–H groups in total. The lowest BCUT2D eigenvalue weighted by Gasteiger charge is -2.36. The molecule has 0 heterocycles. The Kier molecular flexibility index (Phi) is 9.78. The van der Waals surface area contributed by atoms with E-state index in [0.29, 0.717) is 12.5 Å². The standard InChI is InChI=1S/C18H38N2O3/c1-15(2)14-22-13-9-10-19-11-12-20(17(3,4)5)16(21)23-18(6,7)8/h15,19H,9-14H2,1-8H3. The van der Waals surface area contributed by atoms with Gasteiger partial charge in [-0.2, -0.15) is 0 Å². The summed E-state index contributed by atoms with van der Waals surface area (Å²) >= 11 is 0. The Labute approximate surface area is 143 Å². The van der Waals surface area contributed by atoms with E-state index in [1.807, 2.05) is 41.5 Å². The second-order valence-corrected chi connectivity index (χ2v) is 8.38.